The Balaban J connectivity index is 1.95. The molecule has 0 aliphatic rings. The zero-order valence-electron chi connectivity index (χ0n) is 14.7. The molecule has 3 aromatic rings. The summed E-state index contributed by atoms with van der Waals surface area (Å²) in [5, 5.41) is 0. The third-order valence-electron chi connectivity index (χ3n) is 3.84. The number of nitrogens with zero attached hydrogens (tertiary/aromatic N) is 3. The molecule has 0 aliphatic heterocycles. The molecule has 11 heteroatoms. The number of ether oxygens (including phenoxy) is 1. The smallest absolute Gasteiger partial charge is 0.328 e. The van der Waals surface area contributed by atoms with Gasteiger partial charge in [0.15, 0.2) is 11.5 Å². The third-order valence-corrected chi connectivity index (χ3v) is 5.16. The molecular weight excluding hydrogens is 372 g/mol. The highest BCUT2D eigenvalue weighted by atomic mass is 32.2. The Bertz CT molecular complexity index is 1090. The summed E-state index contributed by atoms with van der Waals surface area (Å²) in [7, 11) is -2.17. The number of nitrogens with two attached hydrogens (primary N) is 1. The van der Waals surface area contributed by atoms with Crippen LogP contribution in [-0.4, -0.2) is 47.4 Å². The summed E-state index contributed by atoms with van der Waals surface area (Å²) in [6, 6.07) is 9.33. The van der Waals surface area contributed by atoms with E-state index in [1.807, 2.05) is 30.3 Å². The van der Waals surface area contributed by atoms with Crippen LogP contribution in [0.3, 0.4) is 0 Å². The zero-order valence-corrected chi connectivity index (χ0v) is 15.5. The number of fused-ring (bicyclic) bond motifs is 1. The van der Waals surface area contributed by atoms with Gasteiger partial charge in [-0.2, -0.15) is 9.97 Å². The van der Waals surface area contributed by atoms with Gasteiger partial charge in [-0.15, -0.1) is 0 Å². The van der Waals surface area contributed by atoms with Crippen LogP contribution in [0.2, 0.25) is 0 Å². The number of sulfonamides is 1. The second kappa shape index (κ2) is 7.76. The lowest BCUT2D eigenvalue weighted by atomic mass is 10.2. The molecule has 2 heterocycles. The van der Waals surface area contributed by atoms with E-state index in [0.29, 0.717) is 13.0 Å². The molecule has 2 aromatic heterocycles. The van der Waals surface area contributed by atoms with E-state index in [0.717, 1.165) is 5.56 Å². The van der Waals surface area contributed by atoms with Gasteiger partial charge in [0.2, 0.25) is 16.0 Å². The number of nitrogens with one attached hydrogen (secondary N) is 2. The molecule has 1 aromatic carbocycles. The molecule has 0 unspecified atom stereocenters. The molecule has 0 radical (unpaired) electrons. The topological polar surface area (TPSA) is 145 Å². The van der Waals surface area contributed by atoms with Gasteiger partial charge in [-0.3, -0.25) is 9.29 Å². The van der Waals surface area contributed by atoms with Crippen LogP contribution >= 0.6 is 0 Å². The van der Waals surface area contributed by atoms with E-state index < -0.39 is 15.7 Å². The molecule has 0 amide bonds. The number of rotatable bonds is 8. The summed E-state index contributed by atoms with van der Waals surface area (Å²) < 4.78 is 32.8. The predicted octanol–water partition coefficient (Wildman–Crippen LogP) is 0.528. The van der Waals surface area contributed by atoms with E-state index in [2.05, 4.69) is 19.7 Å². The Morgan fingerprint density at radius 3 is 2.70 bits per heavy atom. The van der Waals surface area contributed by atoms with Crippen LogP contribution in [0.5, 0.6) is 0 Å². The molecule has 144 valence electrons. The summed E-state index contributed by atoms with van der Waals surface area (Å²) in [4.78, 5) is 23.0. The first kappa shape index (κ1) is 18.9. The van der Waals surface area contributed by atoms with Crippen LogP contribution in [0, 0.1) is 0 Å². The number of hydrogen-bond donors (Lipinski definition) is 3. The molecule has 0 saturated heterocycles. The van der Waals surface area contributed by atoms with Gasteiger partial charge in [-0.25, -0.2) is 13.2 Å². The number of hydrogen-bond acceptors (Lipinski definition) is 7. The van der Waals surface area contributed by atoms with E-state index in [9.17, 15) is 13.2 Å². The van der Waals surface area contributed by atoms with Gasteiger partial charge in [0, 0.05) is 13.7 Å². The van der Waals surface area contributed by atoms with E-state index in [1.54, 1.807) is 0 Å². The zero-order chi connectivity index (χ0) is 19.4. The number of benzene rings is 1. The van der Waals surface area contributed by atoms with Crippen molar-refractivity contribution in [2.24, 2.45) is 0 Å². The summed E-state index contributed by atoms with van der Waals surface area (Å²) in [6.07, 6.45) is 0.326. The molecule has 0 fully saturated rings. The summed E-state index contributed by atoms with van der Waals surface area (Å²) in [5.41, 5.74) is 6.85. The van der Waals surface area contributed by atoms with E-state index in [-0.39, 0.29) is 35.2 Å². The number of methoxy groups -OCH3 is 1. The Hall–Kier alpha value is -2.92. The molecule has 0 spiro atoms. The SMILES string of the molecule is COCCCS(=O)(=O)Nc1nc(N)c2[nH]c(=O)n(Cc3ccccc3)c2n1. The lowest BCUT2D eigenvalue weighted by Crippen LogP contribution is -2.20. The standard InChI is InChI=1S/C16H20N6O4S/c1-26-8-5-9-27(24,25)21-15-19-13(17)12-14(20-15)22(16(23)18-12)10-11-6-3-2-4-7-11/h2-4,6-7H,5,8-10H2,1H3,(H,18,23)(H3,17,19,20,21). The van der Waals surface area contributed by atoms with Gasteiger partial charge in [0.05, 0.1) is 12.3 Å². The summed E-state index contributed by atoms with van der Waals surface area (Å²) in [6.45, 7) is 0.577. The highest BCUT2D eigenvalue weighted by Gasteiger charge is 2.17. The van der Waals surface area contributed by atoms with Gasteiger partial charge >= 0.3 is 5.69 Å². The average molecular weight is 392 g/mol. The van der Waals surface area contributed by atoms with Crippen molar-refractivity contribution in [3.05, 3.63) is 46.4 Å². The van der Waals surface area contributed by atoms with Crippen molar-refractivity contribution in [3.63, 3.8) is 0 Å². The molecule has 0 saturated carbocycles. The Labute approximate surface area is 155 Å². The second-order valence-electron chi connectivity index (χ2n) is 5.90. The molecule has 27 heavy (non-hydrogen) atoms. The maximum Gasteiger partial charge on any atom is 0.328 e. The highest BCUT2D eigenvalue weighted by molar-refractivity contribution is 7.92. The summed E-state index contributed by atoms with van der Waals surface area (Å²) >= 11 is 0. The van der Waals surface area contributed by atoms with Crippen molar-refractivity contribution in [1.82, 2.24) is 19.5 Å². The maximum absolute atomic E-state index is 12.3. The Morgan fingerprint density at radius 1 is 1.26 bits per heavy atom. The average Bonchev–Trinajstić information content (AvgIpc) is 2.92. The Morgan fingerprint density at radius 2 is 2.00 bits per heavy atom. The van der Waals surface area contributed by atoms with Gasteiger partial charge < -0.3 is 15.5 Å². The van der Waals surface area contributed by atoms with Gasteiger partial charge in [-0.05, 0) is 12.0 Å². The van der Waals surface area contributed by atoms with Crippen LogP contribution < -0.4 is 16.1 Å². The first-order valence-corrected chi connectivity index (χ1v) is 9.84. The number of H-pyrrole nitrogens is 1. The number of anilines is 2. The minimum absolute atomic E-state index is 0.0153. The van der Waals surface area contributed by atoms with E-state index in [4.69, 9.17) is 10.5 Å². The fraction of sp³-hybridized carbons (Fsp3) is 0.312. The normalized spacial score (nSPS) is 11.7. The minimum atomic E-state index is -3.67. The largest absolute Gasteiger partial charge is 0.385 e. The molecule has 10 nitrogen and oxygen atoms in total. The predicted molar refractivity (Wildman–Crippen MR) is 102 cm³/mol. The van der Waals surface area contributed by atoms with Crippen molar-refractivity contribution in [3.8, 4) is 0 Å². The fourth-order valence-corrected chi connectivity index (χ4v) is 3.56. The lowest BCUT2D eigenvalue weighted by Gasteiger charge is -2.08. The van der Waals surface area contributed by atoms with Crippen molar-refractivity contribution < 1.29 is 13.2 Å². The van der Waals surface area contributed by atoms with Crippen molar-refractivity contribution in [1.29, 1.82) is 0 Å². The van der Waals surface area contributed by atoms with E-state index >= 15 is 0 Å². The molecule has 3 rings (SSSR count). The fourth-order valence-electron chi connectivity index (χ4n) is 2.59. The molecule has 0 bridgehead atoms. The minimum Gasteiger partial charge on any atom is -0.385 e. The van der Waals surface area contributed by atoms with Gasteiger partial charge in [0.1, 0.15) is 5.52 Å². The monoisotopic (exact) mass is 392 g/mol. The van der Waals surface area contributed by atoms with Gasteiger partial charge in [0.25, 0.3) is 0 Å². The van der Waals surface area contributed by atoms with Crippen LogP contribution in [0.15, 0.2) is 35.1 Å². The molecular formula is C16H20N6O4S. The van der Waals surface area contributed by atoms with Crippen LogP contribution in [0.25, 0.3) is 11.2 Å². The molecule has 0 atom stereocenters. The molecule has 4 N–H and O–H groups in total. The lowest BCUT2D eigenvalue weighted by molar-refractivity contribution is 0.199. The first-order valence-electron chi connectivity index (χ1n) is 8.19. The van der Waals surface area contributed by atoms with Crippen molar-refractivity contribution in [2.75, 3.05) is 29.9 Å². The second-order valence-corrected chi connectivity index (χ2v) is 7.74. The number of aromatic nitrogens is 4. The summed E-state index contributed by atoms with van der Waals surface area (Å²) in [5.74, 6) is -0.344. The third kappa shape index (κ3) is 4.44. The van der Waals surface area contributed by atoms with Crippen molar-refractivity contribution >= 4 is 33.0 Å². The highest BCUT2D eigenvalue weighted by Crippen LogP contribution is 2.18. The maximum atomic E-state index is 12.3. The molecule has 0 aliphatic carbocycles. The van der Waals surface area contributed by atoms with Crippen molar-refractivity contribution in [2.45, 2.75) is 13.0 Å². The van der Waals surface area contributed by atoms with Gasteiger partial charge in [-0.1, -0.05) is 30.3 Å². The number of imidazole rings is 1. The quantitative estimate of drug-likeness (QED) is 0.474. The van der Waals surface area contributed by atoms with Crippen LogP contribution in [0.4, 0.5) is 11.8 Å². The van der Waals surface area contributed by atoms with E-state index in [1.165, 1.54) is 11.7 Å². The van der Waals surface area contributed by atoms with Crippen LogP contribution in [-0.2, 0) is 21.3 Å². The number of nitrogen functional groups attached to an aromatic ring is 1. The first-order chi connectivity index (χ1) is 12.9. The Kier molecular flexibility index (Phi) is 5.42. The van der Waals surface area contributed by atoms with Crippen LogP contribution in [0.1, 0.15) is 12.0 Å². The number of aromatic amines is 1.